The lowest BCUT2D eigenvalue weighted by molar-refractivity contribution is 0.0743. The van der Waals surface area contributed by atoms with Crippen LogP contribution in [-0.2, 0) is 13.0 Å². The summed E-state index contributed by atoms with van der Waals surface area (Å²) in [7, 11) is 4.13. The summed E-state index contributed by atoms with van der Waals surface area (Å²) in [5, 5.41) is 0. The van der Waals surface area contributed by atoms with Crippen LogP contribution in [0.2, 0.25) is 0 Å². The minimum Gasteiger partial charge on any atom is -0.493 e. The number of hydrogen-bond donors (Lipinski definition) is 0. The number of hydrogen-bond acceptors (Lipinski definition) is 3. The molecule has 0 aliphatic rings. The van der Waals surface area contributed by atoms with Crippen molar-refractivity contribution in [2.75, 3.05) is 33.8 Å². The van der Waals surface area contributed by atoms with Gasteiger partial charge in [0.2, 0.25) is 0 Å². The molecule has 0 aromatic heterocycles. The summed E-state index contributed by atoms with van der Waals surface area (Å²) in [6.45, 7) is 2.81. The van der Waals surface area contributed by atoms with Crippen LogP contribution in [0.25, 0.3) is 0 Å². The molecular formula is C27H32N2O2. The molecule has 0 atom stereocenters. The molecule has 3 aromatic carbocycles. The molecule has 1 amide bonds. The Kier molecular flexibility index (Phi) is 8.68. The molecule has 0 spiro atoms. The van der Waals surface area contributed by atoms with Crippen LogP contribution in [0.4, 0.5) is 0 Å². The van der Waals surface area contributed by atoms with Gasteiger partial charge in [0.15, 0.2) is 0 Å². The predicted molar refractivity (Wildman–Crippen MR) is 126 cm³/mol. The van der Waals surface area contributed by atoms with Crippen LogP contribution in [0, 0.1) is 0 Å². The van der Waals surface area contributed by atoms with Crippen molar-refractivity contribution >= 4 is 5.91 Å². The van der Waals surface area contributed by atoms with Crippen LogP contribution < -0.4 is 4.74 Å². The third kappa shape index (κ3) is 7.26. The first kappa shape index (κ1) is 22.6. The molecular weight excluding hydrogens is 384 g/mol. The van der Waals surface area contributed by atoms with Crippen molar-refractivity contribution < 1.29 is 9.53 Å². The zero-order chi connectivity index (χ0) is 21.9. The summed E-state index contributed by atoms with van der Waals surface area (Å²) in [5.74, 6) is 0.894. The van der Waals surface area contributed by atoms with Gasteiger partial charge in [-0.3, -0.25) is 4.79 Å². The molecule has 0 heterocycles. The van der Waals surface area contributed by atoms with Gasteiger partial charge < -0.3 is 14.5 Å². The topological polar surface area (TPSA) is 32.8 Å². The summed E-state index contributed by atoms with van der Waals surface area (Å²) in [5.41, 5.74) is 2.96. The SMILES string of the molecule is CN(C)CCCOc1ccccc1CN(CCc1ccccc1)C(=O)c1ccccc1. The third-order valence-corrected chi connectivity index (χ3v) is 5.16. The lowest BCUT2D eigenvalue weighted by Gasteiger charge is -2.24. The number of benzene rings is 3. The van der Waals surface area contributed by atoms with Crippen molar-refractivity contribution in [2.45, 2.75) is 19.4 Å². The van der Waals surface area contributed by atoms with E-state index in [9.17, 15) is 4.79 Å². The molecule has 0 fully saturated rings. The lowest BCUT2D eigenvalue weighted by Crippen LogP contribution is -2.32. The van der Waals surface area contributed by atoms with Gasteiger partial charge in [0.05, 0.1) is 6.61 Å². The second kappa shape index (κ2) is 11.9. The molecule has 0 aliphatic heterocycles. The molecule has 3 rings (SSSR count). The molecule has 4 nitrogen and oxygen atoms in total. The first-order valence-corrected chi connectivity index (χ1v) is 10.9. The predicted octanol–water partition coefficient (Wildman–Crippen LogP) is 4.90. The minimum atomic E-state index is 0.0407. The number of para-hydroxylation sites is 1. The van der Waals surface area contributed by atoms with E-state index in [4.69, 9.17) is 4.74 Å². The van der Waals surface area contributed by atoms with Crippen molar-refractivity contribution in [3.63, 3.8) is 0 Å². The van der Waals surface area contributed by atoms with Gasteiger partial charge >= 0.3 is 0 Å². The molecule has 4 heteroatoms. The first-order valence-electron chi connectivity index (χ1n) is 10.9. The maximum Gasteiger partial charge on any atom is 0.254 e. The smallest absolute Gasteiger partial charge is 0.254 e. The zero-order valence-corrected chi connectivity index (χ0v) is 18.5. The fourth-order valence-electron chi connectivity index (χ4n) is 3.47. The third-order valence-electron chi connectivity index (χ3n) is 5.16. The lowest BCUT2D eigenvalue weighted by atomic mass is 10.1. The number of carbonyl (C=O) groups excluding carboxylic acids is 1. The van der Waals surface area contributed by atoms with Gasteiger partial charge in [-0.25, -0.2) is 0 Å². The monoisotopic (exact) mass is 416 g/mol. The van der Waals surface area contributed by atoms with E-state index in [-0.39, 0.29) is 5.91 Å². The Morgan fingerprint density at radius 1 is 0.806 bits per heavy atom. The van der Waals surface area contributed by atoms with Crippen LogP contribution in [-0.4, -0.2) is 49.5 Å². The van der Waals surface area contributed by atoms with Crippen molar-refractivity contribution in [1.82, 2.24) is 9.80 Å². The molecule has 3 aromatic rings. The molecule has 0 saturated carbocycles. The van der Waals surface area contributed by atoms with Crippen LogP contribution in [0.5, 0.6) is 5.75 Å². The maximum absolute atomic E-state index is 13.3. The summed E-state index contributed by atoms with van der Waals surface area (Å²) >= 11 is 0. The summed E-state index contributed by atoms with van der Waals surface area (Å²) in [6, 6.07) is 27.8. The molecule has 0 aliphatic carbocycles. The highest BCUT2D eigenvalue weighted by Gasteiger charge is 2.18. The van der Waals surface area contributed by atoms with Crippen LogP contribution >= 0.6 is 0 Å². The Morgan fingerprint density at radius 2 is 1.45 bits per heavy atom. The van der Waals surface area contributed by atoms with E-state index in [0.717, 1.165) is 30.7 Å². The Bertz CT molecular complexity index is 926. The number of rotatable bonds is 11. The van der Waals surface area contributed by atoms with E-state index < -0.39 is 0 Å². The van der Waals surface area contributed by atoms with Crippen LogP contribution in [0.1, 0.15) is 27.9 Å². The summed E-state index contributed by atoms with van der Waals surface area (Å²) in [6.07, 6.45) is 1.77. The van der Waals surface area contributed by atoms with Gasteiger partial charge in [0.25, 0.3) is 5.91 Å². The fourth-order valence-corrected chi connectivity index (χ4v) is 3.47. The van der Waals surface area contributed by atoms with E-state index in [0.29, 0.717) is 25.3 Å². The van der Waals surface area contributed by atoms with Gasteiger partial charge in [-0.2, -0.15) is 0 Å². The Labute approximate surface area is 186 Å². The molecule has 31 heavy (non-hydrogen) atoms. The second-order valence-electron chi connectivity index (χ2n) is 7.94. The van der Waals surface area contributed by atoms with Gasteiger partial charge in [0.1, 0.15) is 5.75 Å². The number of ether oxygens (including phenoxy) is 1. The highest BCUT2D eigenvalue weighted by molar-refractivity contribution is 5.94. The number of amides is 1. The molecule has 162 valence electrons. The first-order chi connectivity index (χ1) is 15.1. The van der Waals surface area contributed by atoms with Gasteiger partial charge in [-0.15, -0.1) is 0 Å². The van der Waals surface area contributed by atoms with Gasteiger partial charge in [-0.1, -0.05) is 66.7 Å². The number of carbonyl (C=O) groups is 1. The highest BCUT2D eigenvalue weighted by Crippen LogP contribution is 2.21. The van der Waals surface area contributed by atoms with Crippen molar-refractivity contribution in [3.05, 3.63) is 102 Å². The highest BCUT2D eigenvalue weighted by atomic mass is 16.5. The van der Waals surface area contributed by atoms with Crippen molar-refractivity contribution in [2.24, 2.45) is 0 Å². The Hall–Kier alpha value is -3.11. The van der Waals surface area contributed by atoms with Gasteiger partial charge in [0, 0.05) is 30.8 Å². The zero-order valence-electron chi connectivity index (χ0n) is 18.5. The second-order valence-corrected chi connectivity index (χ2v) is 7.94. The van der Waals surface area contributed by atoms with E-state index in [2.05, 4.69) is 37.2 Å². The van der Waals surface area contributed by atoms with E-state index in [1.54, 1.807) is 0 Å². The van der Waals surface area contributed by atoms with Gasteiger partial charge in [-0.05, 0) is 50.7 Å². The molecule has 0 saturated heterocycles. The molecule has 0 bridgehead atoms. The quantitative estimate of drug-likeness (QED) is 0.417. The molecule has 0 N–H and O–H groups in total. The standard InChI is InChI=1S/C27H32N2O2/c1-28(2)19-11-21-31-26-17-10-9-16-25(26)22-29(20-18-23-12-5-3-6-13-23)27(30)24-14-7-4-8-15-24/h3-10,12-17H,11,18-22H2,1-2H3. The summed E-state index contributed by atoms with van der Waals surface area (Å²) in [4.78, 5) is 17.4. The largest absolute Gasteiger partial charge is 0.493 e. The van der Waals surface area contributed by atoms with E-state index >= 15 is 0 Å². The Balaban J connectivity index is 1.74. The van der Waals surface area contributed by atoms with E-state index in [1.807, 2.05) is 71.6 Å². The maximum atomic E-state index is 13.3. The van der Waals surface area contributed by atoms with E-state index in [1.165, 1.54) is 5.56 Å². The average Bonchev–Trinajstić information content (AvgIpc) is 2.81. The summed E-state index contributed by atoms with van der Waals surface area (Å²) < 4.78 is 6.07. The van der Waals surface area contributed by atoms with Crippen molar-refractivity contribution in [1.29, 1.82) is 0 Å². The molecule has 0 unspecified atom stereocenters. The number of nitrogens with zero attached hydrogens (tertiary/aromatic N) is 2. The normalized spacial score (nSPS) is 10.8. The van der Waals surface area contributed by atoms with Crippen molar-refractivity contribution in [3.8, 4) is 5.75 Å². The Morgan fingerprint density at radius 3 is 2.16 bits per heavy atom. The fraction of sp³-hybridized carbons (Fsp3) is 0.296. The van der Waals surface area contributed by atoms with Crippen LogP contribution in [0.15, 0.2) is 84.9 Å². The minimum absolute atomic E-state index is 0.0407. The average molecular weight is 417 g/mol. The van der Waals surface area contributed by atoms with Crippen LogP contribution in [0.3, 0.4) is 0 Å². The molecule has 0 radical (unpaired) electrons.